The van der Waals surface area contributed by atoms with Crippen LogP contribution in [0.2, 0.25) is 5.02 Å². The second kappa shape index (κ2) is 5.87. The molecule has 1 aliphatic heterocycles. The van der Waals surface area contributed by atoms with Gasteiger partial charge in [-0.25, -0.2) is 4.98 Å². The number of alkyl halides is 4. The molecule has 1 aliphatic rings. The Morgan fingerprint density at radius 1 is 1.47 bits per heavy atom. The average molecular weight is 358 g/mol. The molecule has 19 heavy (non-hydrogen) atoms. The van der Waals surface area contributed by atoms with E-state index in [0.717, 1.165) is 43.5 Å². The van der Waals surface area contributed by atoms with E-state index >= 15 is 0 Å². The fraction of sp³-hybridized carbons (Fsp3) is 0.583. The highest BCUT2D eigenvalue weighted by Gasteiger charge is 2.32. The highest BCUT2D eigenvalue weighted by Crippen LogP contribution is 2.34. The summed E-state index contributed by atoms with van der Waals surface area (Å²) in [5.74, 6) is 0.925. The molecule has 1 atom stereocenters. The zero-order valence-electron chi connectivity index (χ0n) is 10.1. The maximum atomic E-state index is 12.5. The van der Waals surface area contributed by atoms with Gasteiger partial charge in [0.15, 0.2) is 0 Å². The number of halogens is 5. The minimum Gasteiger partial charge on any atom is -0.355 e. The summed E-state index contributed by atoms with van der Waals surface area (Å²) >= 11 is 9.38. The number of pyridine rings is 1. The molecule has 1 aromatic heterocycles. The molecule has 106 valence electrons. The van der Waals surface area contributed by atoms with Crippen molar-refractivity contribution >= 4 is 33.3 Å². The molecule has 7 heteroatoms. The minimum atomic E-state index is -4.41. The fourth-order valence-electron chi connectivity index (χ4n) is 2.20. The highest BCUT2D eigenvalue weighted by atomic mass is 79.9. The second-order valence-corrected chi connectivity index (χ2v) is 5.69. The van der Waals surface area contributed by atoms with E-state index in [1.54, 1.807) is 0 Å². The first kappa shape index (κ1) is 14.9. The molecule has 1 saturated heterocycles. The molecule has 0 N–H and O–H groups in total. The van der Waals surface area contributed by atoms with E-state index < -0.39 is 11.7 Å². The second-order valence-electron chi connectivity index (χ2n) is 4.64. The molecule has 2 rings (SSSR count). The van der Waals surface area contributed by atoms with Crippen LogP contribution >= 0.6 is 27.5 Å². The first-order chi connectivity index (χ1) is 8.91. The van der Waals surface area contributed by atoms with E-state index in [0.29, 0.717) is 11.7 Å². The molecule has 0 bridgehead atoms. The number of hydrogen-bond acceptors (Lipinski definition) is 2. The van der Waals surface area contributed by atoms with E-state index in [4.69, 9.17) is 11.6 Å². The summed E-state index contributed by atoms with van der Waals surface area (Å²) in [4.78, 5) is 5.85. The van der Waals surface area contributed by atoms with Gasteiger partial charge < -0.3 is 4.90 Å². The van der Waals surface area contributed by atoms with E-state index in [2.05, 4.69) is 20.9 Å². The standard InChI is InChI=1S/C12H13BrClF3N2/c13-5-8-2-1-3-19(7-8)11-10(14)4-9(6-18-11)12(15,16)17/h4,6,8H,1-3,5,7H2. The Balaban J connectivity index is 2.21. The zero-order valence-corrected chi connectivity index (χ0v) is 12.4. The van der Waals surface area contributed by atoms with Crippen molar-refractivity contribution in [1.82, 2.24) is 4.98 Å². The third-order valence-electron chi connectivity index (χ3n) is 3.19. The summed E-state index contributed by atoms with van der Waals surface area (Å²) in [5.41, 5.74) is -0.810. The molecule has 0 amide bonds. The number of piperidine rings is 1. The molecule has 2 nitrogen and oxygen atoms in total. The van der Waals surface area contributed by atoms with Crippen LogP contribution < -0.4 is 4.90 Å². The summed E-state index contributed by atoms with van der Waals surface area (Å²) < 4.78 is 37.6. The molecule has 0 aromatic carbocycles. The van der Waals surface area contributed by atoms with Crippen LogP contribution in [-0.2, 0) is 6.18 Å². The van der Waals surface area contributed by atoms with Gasteiger partial charge in [-0.05, 0) is 24.8 Å². The predicted octanol–water partition coefficient (Wildman–Crippen LogP) is 4.37. The summed E-state index contributed by atoms with van der Waals surface area (Å²) in [6.45, 7) is 1.55. The maximum Gasteiger partial charge on any atom is 0.417 e. The SMILES string of the molecule is FC(F)(F)c1cnc(N2CCCC(CBr)C2)c(Cl)c1. The molecule has 0 spiro atoms. The van der Waals surface area contributed by atoms with Gasteiger partial charge in [-0.2, -0.15) is 13.2 Å². The van der Waals surface area contributed by atoms with Crippen molar-refractivity contribution in [3.8, 4) is 0 Å². The van der Waals surface area contributed by atoms with Gasteiger partial charge in [-0.3, -0.25) is 0 Å². The Morgan fingerprint density at radius 3 is 2.79 bits per heavy atom. The quantitative estimate of drug-likeness (QED) is 0.731. The molecule has 1 unspecified atom stereocenters. The summed E-state index contributed by atoms with van der Waals surface area (Å²) in [7, 11) is 0. The number of hydrogen-bond donors (Lipinski definition) is 0. The van der Waals surface area contributed by atoms with Crippen molar-refractivity contribution in [2.45, 2.75) is 19.0 Å². The van der Waals surface area contributed by atoms with Crippen LogP contribution in [0.4, 0.5) is 19.0 Å². The molecule has 0 radical (unpaired) electrons. The fourth-order valence-corrected chi connectivity index (χ4v) is 3.02. The van der Waals surface area contributed by atoms with Gasteiger partial charge in [0.25, 0.3) is 0 Å². The Labute approximate surface area is 123 Å². The average Bonchev–Trinajstić information content (AvgIpc) is 2.37. The van der Waals surface area contributed by atoms with Crippen molar-refractivity contribution in [2.75, 3.05) is 23.3 Å². The Hall–Kier alpha value is -0.490. The molecule has 2 heterocycles. The van der Waals surface area contributed by atoms with Crippen LogP contribution in [0.3, 0.4) is 0 Å². The Bertz CT molecular complexity index is 453. The summed E-state index contributed by atoms with van der Waals surface area (Å²) in [6, 6.07) is 0.946. The molecule has 0 saturated carbocycles. The Kier molecular flexibility index (Phi) is 4.61. The van der Waals surface area contributed by atoms with E-state index in [1.165, 1.54) is 0 Å². The van der Waals surface area contributed by atoms with Gasteiger partial charge >= 0.3 is 6.18 Å². The zero-order chi connectivity index (χ0) is 14.0. The van der Waals surface area contributed by atoms with Crippen molar-refractivity contribution in [2.24, 2.45) is 5.92 Å². The van der Waals surface area contributed by atoms with Crippen LogP contribution in [0.25, 0.3) is 0 Å². The van der Waals surface area contributed by atoms with E-state index in [-0.39, 0.29) is 5.02 Å². The molecule has 0 aliphatic carbocycles. The number of anilines is 1. The van der Waals surface area contributed by atoms with Gasteiger partial charge in [-0.1, -0.05) is 27.5 Å². The Morgan fingerprint density at radius 2 is 2.21 bits per heavy atom. The van der Waals surface area contributed by atoms with Crippen LogP contribution in [0.15, 0.2) is 12.3 Å². The van der Waals surface area contributed by atoms with Crippen LogP contribution in [0.1, 0.15) is 18.4 Å². The topological polar surface area (TPSA) is 16.1 Å². The van der Waals surface area contributed by atoms with Crippen molar-refractivity contribution in [3.63, 3.8) is 0 Å². The molecular weight excluding hydrogens is 344 g/mol. The third-order valence-corrected chi connectivity index (χ3v) is 4.38. The monoisotopic (exact) mass is 356 g/mol. The van der Waals surface area contributed by atoms with Gasteiger partial charge in [0.05, 0.1) is 10.6 Å². The number of rotatable bonds is 2. The van der Waals surface area contributed by atoms with E-state index in [1.807, 2.05) is 4.90 Å². The van der Waals surface area contributed by atoms with Gasteiger partial charge in [0, 0.05) is 24.6 Å². The lowest BCUT2D eigenvalue weighted by molar-refractivity contribution is -0.137. The van der Waals surface area contributed by atoms with Crippen molar-refractivity contribution < 1.29 is 13.2 Å². The molecular formula is C12H13BrClF3N2. The van der Waals surface area contributed by atoms with E-state index in [9.17, 15) is 13.2 Å². The maximum absolute atomic E-state index is 12.5. The lowest BCUT2D eigenvalue weighted by Crippen LogP contribution is -2.36. The predicted molar refractivity (Wildman–Crippen MR) is 73.0 cm³/mol. The summed E-state index contributed by atoms with van der Waals surface area (Å²) in [6.07, 6.45) is -1.45. The smallest absolute Gasteiger partial charge is 0.355 e. The van der Waals surface area contributed by atoms with Crippen molar-refractivity contribution in [1.29, 1.82) is 0 Å². The summed E-state index contributed by atoms with van der Waals surface area (Å²) in [5, 5.41) is 0.937. The highest BCUT2D eigenvalue weighted by molar-refractivity contribution is 9.09. The van der Waals surface area contributed by atoms with Crippen LogP contribution in [0.5, 0.6) is 0 Å². The van der Waals surface area contributed by atoms with Crippen LogP contribution in [0, 0.1) is 5.92 Å². The normalized spacial score (nSPS) is 20.7. The van der Waals surface area contributed by atoms with Gasteiger partial charge in [-0.15, -0.1) is 0 Å². The largest absolute Gasteiger partial charge is 0.417 e. The van der Waals surface area contributed by atoms with Crippen molar-refractivity contribution in [3.05, 3.63) is 22.8 Å². The number of nitrogens with zero attached hydrogens (tertiary/aromatic N) is 2. The van der Waals surface area contributed by atoms with Gasteiger partial charge in [0.2, 0.25) is 0 Å². The molecule has 1 aromatic rings. The third kappa shape index (κ3) is 3.54. The first-order valence-corrected chi connectivity index (χ1v) is 7.45. The number of aromatic nitrogens is 1. The minimum absolute atomic E-state index is 0.0602. The lowest BCUT2D eigenvalue weighted by atomic mass is 10.0. The van der Waals surface area contributed by atoms with Gasteiger partial charge in [0.1, 0.15) is 5.82 Å². The lowest BCUT2D eigenvalue weighted by Gasteiger charge is -2.33. The first-order valence-electron chi connectivity index (χ1n) is 5.95. The molecule has 1 fully saturated rings. The van der Waals surface area contributed by atoms with Crippen LogP contribution in [-0.4, -0.2) is 23.4 Å².